The van der Waals surface area contributed by atoms with E-state index in [-0.39, 0.29) is 18.5 Å². The minimum Gasteiger partial charge on any atom is -0.374 e. The van der Waals surface area contributed by atoms with Gasteiger partial charge in [0.05, 0.1) is 17.9 Å². The second-order valence-electron chi connectivity index (χ2n) is 3.99. The molecule has 86 valence electrons. The van der Waals surface area contributed by atoms with Gasteiger partial charge < -0.3 is 10.2 Å². The third-order valence-corrected chi connectivity index (χ3v) is 2.51. The average Bonchev–Trinajstić information content (AvgIpc) is 2.20. The van der Waals surface area contributed by atoms with Gasteiger partial charge in [-0.1, -0.05) is 0 Å². The van der Waals surface area contributed by atoms with E-state index in [9.17, 15) is 13.6 Å². The third kappa shape index (κ3) is 1.62. The maximum absolute atomic E-state index is 13.1. The molecule has 0 atom stereocenters. The van der Waals surface area contributed by atoms with E-state index in [0.29, 0.717) is 11.4 Å². The van der Waals surface area contributed by atoms with Crippen LogP contribution in [-0.2, 0) is 4.79 Å². The summed E-state index contributed by atoms with van der Waals surface area (Å²) in [4.78, 5) is 13.1. The molecule has 1 aliphatic rings. The first kappa shape index (κ1) is 10.9. The SMILES string of the molecule is CC(C)N1C(=O)CNc2cc(F)c(F)cc21. The highest BCUT2D eigenvalue weighted by molar-refractivity contribution is 6.03. The van der Waals surface area contributed by atoms with Crippen LogP contribution in [-0.4, -0.2) is 18.5 Å². The highest BCUT2D eigenvalue weighted by atomic mass is 19.2. The number of anilines is 2. The van der Waals surface area contributed by atoms with Gasteiger partial charge in [-0.15, -0.1) is 0 Å². The lowest BCUT2D eigenvalue weighted by atomic mass is 10.1. The van der Waals surface area contributed by atoms with E-state index >= 15 is 0 Å². The number of halogens is 2. The Labute approximate surface area is 92.1 Å². The van der Waals surface area contributed by atoms with Gasteiger partial charge in [-0.05, 0) is 13.8 Å². The second-order valence-corrected chi connectivity index (χ2v) is 3.99. The molecule has 0 saturated carbocycles. The number of carbonyl (C=O) groups is 1. The maximum atomic E-state index is 13.1. The van der Waals surface area contributed by atoms with E-state index in [1.54, 1.807) is 0 Å². The second kappa shape index (κ2) is 3.73. The highest BCUT2D eigenvalue weighted by Gasteiger charge is 2.27. The van der Waals surface area contributed by atoms with Gasteiger partial charge in [-0.2, -0.15) is 0 Å². The number of benzene rings is 1. The predicted octanol–water partition coefficient (Wildman–Crippen LogP) is 2.13. The van der Waals surface area contributed by atoms with Crippen LogP contribution < -0.4 is 10.2 Å². The molecule has 1 N–H and O–H groups in total. The van der Waals surface area contributed by atoms with Gasteiger partial charge in [0.1, 0.15) is 0 Å². The van der Waals surface area contributed by atoms with E-state index in [0.717, 1.165) is 12.1 Å². The third-order valence-electron chi connectivity index (χ3n) is 2.51. The number of hydrogen-bond donors (Lipinski definition) is 1. The van der Waals surface area contributed by atoms with Crippen molar-refractivity contribution < 1.29 is 13.6 Å². The Kier molecular flexibility index (Phi) is 2.53. The van der Waals surface area contributed by atoms with Gasteiger partial charge in [-0.25, -0.2) is 8.78 Å². The molecular weight excluding hydrogens is 214 g/mol. The zero-order valence-electron chi connectivity index (χ0n) is 9.05. The number of amides is 1. The van der Waals surface area contributed by atoms with Crippen LogP contribution in [0.2, 0.25) is 0 Å². The minimum atomic E-state index is -0.944. The lowest BCUT2D eigenvalue weighted by Gasteiger charge is -2.33. The van der Waals surface area contributed by atoms with Crippen LogP contribution in [0.5, 0.6) is 0 Å². The Morgan fingerprint density at radius 1 is 1.31 bits per heavy atom. The van der Waals surface area contributed by atoms with Crippen LogP contribution in [0.1, 0.15) is 13.8 Å². The van der Waals surface area contributed by atoms with Crippen molar-refractivity contribution in [3.05, 3.63) is 23.8 Å². The van der Waals surface area contributed by atoms with Gasteiger partial charge in [0.2, 0.25) is 5.91 Å². The molecule has 0 aliphatic carbocycles. The minimum absolute atomic E-state index is 0.0850. The fourth-order valence-electron chi connectivity index (χ4n) is 1.83. The van der Waals surface area contributed by atoms with E-state index in [1.165, 1.54) is 4.90 Å². The Morgan fingerprint density at radius 3 is 2.56 bits per heavy atom. The zero-order chi connectivity index (χ0) is 11.9. The van der Waals surface area contributed by atoms with Gasteiger partial charge in [0, 0.05) is 18.2 Å². The molecular formula is C11H12F2N2O. The standard InChI is InChI=1S/C11H12F2N2O/c1-6(2)15-10-4-8(13)7(12)3-9(10)14-5-11(15)16/h3-4,6,14H,5H2,1-2H3. The predicted molar refractivity (Wildman–Crippen MR) is 57.5 cm³/mol. The van der Waals surface area contributed by atoms with Crippen LogP contribution in [0, 0.1) is 11.6 Å². The molecule has 0 radical (unpaired) electrons. The Morgan fingerprint density at radius 2 is 1.94 bits per heavy atom. The van der Waals surface area contributed by atoms with Crippen molar-refractivity contribution in [2.45, 2.75) is 19.9 Å². The molecule has 0 aromatic heterocycles. The number of hydrogen-bond acceptors (Lipinski definition) is 2. The summed E-state index contributed by atoms with van der Waals surface area (Å²) < 4.78 is 26.1. The molecule has 2 rings (SSSR count). The summed E-state index contributed by atoms with van der Waals surface area (Å²) in [5.74, 6) is -2.00. The smallest absolute Gasteiger partial charge is 0.246 e. The Balaban J connectivity index is 2.55. The summed E-state index contributed by atoms with van der Waals surface area (Å²) in [6, 6.07) is 2.04. The largest absolute Gasteiger partial charge is 0.374 e. The van der Waals surface area contributed by atoms with Gasteiger partial charge >= 0.3 is 0 Å². The van der Waals surface area contributed by atoms with Crippen molar-refractivity contribution in [2.24, 2.45) is 0 Å². The molecule has 1 heterocycles. The molecule has 1 amide bonds. The maximum Gasteiger partial charge on any atom is 0.246 e. The molecule has 0 spiro atoms. The highest BCUT2D eigenvalue weighted by Crippen LogP contribution is 2.32. The molecule has 1 aromatic rings. The van der Waals surface area contributed by atoms with E-state index in [1.807, 2.05) is 13.8 Å². The van der Waals surface area contributed by atoms with E-state index in [2.05, 4.69) is 5.32 Å². The fraction of sp³-hybridized carbons (Fsp3) is 0.364. The molecule has 0 saturated heterocycles. The molecule has 0 fully saturated rings. The Hall–Kier alpha value is -1.65. The average molecular weight is 226 g/mol. The lowest BCUT2D eigenvalue weighted by molar-refractivity contribution is -0.117. The monoisotopic (exact) mass is 226 g/mol. The van der Waals surface area contributed by atoms with Crippen LogP contribution in [0.15, 0.2) is 12.1 Å². The molecule has 1 aromatic carbocycles. The number of fused-ring (bicyclic) bond motifs is 1. The van der Waals surface area contributed by atoms with Gasteiger partial charge in [0.15, 0.2) is 11.6 Å². The van der Waals surface area contributed by atoms with Gasteiger partial charge in [0.25, 0.3) is 0 Å². The summed E-state index contributed by atoms with van der Waals surface area (Å²) in [5, 5.41) is 2.77. The zero-order valence-corrected chi connectivity index (χ0v) is 9.05. The molecule has 1 aliphatic heterocycles. The quantitative estimate of drug-likeness (QED) is 0.795. The summed E-state index contributed by atoms with van der Waals surface area (Å²) in [6.45, 7) is 3.76. The summed E-state index contributed by atoms with van der Waals surface area (Å²) in [5.41, 5.74) is 0.845. The summed E-state index contributed by atoms with van der Waals surface area (Å²) in [7, 11) is 0. The van der Waals surface area contributed by atoms with E-state index < -0.39 is 11.6 Å². The van der Waals surface area contributed by atoms with Crippen LogP contribution in [0.4, 0.5) is 20.2 Å². The van der Waals surface area contributed by atoms with Crippen molar-refractivity contribution in [3.63, 3.8) is 0 Å². The normalized spacial score (nSPS) is 15.1. The molecule has 5 heteroatoms. The number of rotatable bonds is 1. The lowest BCUT2D eigenvalue weighted by Crippen LogP contribution is -2.44. The van der Waals surface area contributed by atoms with Crippen molar-refractivity contribution in [1.82, 2.24) is 0 Å². The molecule has 16 heavy (non-hydrogen) atoms. The number of nitrogens with one attached hydrogen (secondary N) is 1. The summed E-state index contributed by atoms with van der Waals surface area (Å²) in [6.07, 6.45) is 0. The van der Waals surface area contributed by atoms with E-state index in [4.69, 9.17) is 0 Å². The van der Waals surface area contributed by atoms with Crippen LogP contribution in [0.3, 0.4) is 0 Å². The number of nitrogens with zero attached hydrogens (tertiary/aromatic N) is 1. The molecule has 0 bridgehead atoms. The van der Waals surface area contributed by atoms with Crippen molar-refractivity contribution >= 4 is 17.3 Å². The number of carbonyl (C=O) groups excluding carboxylic acids is 1. The van der Waals surface area contributed by atoms with Crippen molar-refractivity contribution in [1.29, 1.82) is 0 Å². The van der Waals surface area contributed by atoms with Crippen molar-refractivity contribution in [3.8, 4) is 0 Å². The first-order chi connectivity index (χ1) is 7.50. The van der Waals surface area contributed by atoms with Crippen molar-refractivity contribution in [2.75, 3.05) is 16.8 Å². The first-order valence-electron chi connectivity index (χ1n) is 5.05. The van der Waals surface area contributed by atoms with Gasteiger partial charge in [-0.3, -0.25) is 4.79 Å². The van der Waals surface area contributed by atoms with Crippen LogP contribution >= 0.6 is 0 Å². The topological polar surface area (TPSA) is 32.3 Å². The first-order valence-corrected chi connectivity index (χ1v) is 5.05. The molecule has 3 nitrogen and oxygen atoms in total. The summed E-state index contributed by atoms with van der Waals surface area (Å²) >= 11 is 0. The molecule has 0 unspecified atom stereocenters. The Bertz CT molecular complexity index is 446. The van der Waals surface area contributed by atoms with Crippen LogP contribution in [0.25, 0.3) is 0 Å². The fourth-order valence-corrected chi connectivity index (χ4v) is 1.83.